The van der Waals surface area contributed by atoms with Crippen LogP contribution in [-0.2, 0) is 23.6 Å². The first-order valence-corrected chi connectivity index (χ1v) is 8.42. The zero-order chi connectivity index (χ0) is 18.1. The summed E-state index contributed by atoms with van der Waals surface area (Å²) in [5.41, 5.74) is 0.374. The molecule has 2 aromatic heterocycles. The molecule has 2 aromatic rings. The van der Waals surface area contributed by atoms with Crippen molar-refractivity contribution in [2.45, 2.75) is 19.8 Å². The zero-order valence-corrected chi connectivity index (χ0v) is 14.7. The van der Waals surface area contributed by atoms with Crippen LogP contribution in [-0.4, -0.2) is 39.8 Å². The summed E-state index contributed by atoms with van der Waals surface area (Å²) in [6.45, 7) is 3.48. The van der Waals surface area contributed by atoms with Crippen molar-refractivity contribution < 1.29 is 9.53 Å². The number of ether oxygens (including phenoxy) is 1. The number of aromatic nitrogens is 3. The van der Waals surface area contributed by atoms with Gasteiger partial charge in [-0.1, -0.05) is 0 Å². The fraction of sp³-hybridized carbons (Fsp3) is 0.529. The second-order valence-corrected chi connectivity index (χ2v) is 6.25. The predicted molar refractivity (Wildman–Crippen MR) is 93.8 cm³/mol. The number of esters is 1. The number of piperidine rings is 1. The van der Waals surface area contributed by atoms with Crippen molar-refractivity contribution in [1.29, 1.82) is 0 Å². The summed E-state index contributed by atoms with van der Waals surface area (Å²) in [5.74, 6) is -0.253. The van der Waals surface area contributed by atoms with Gasteiger partial charge in [-0.25, -0.2) is 9.78 Å². The minimum absolute atomic E-state index is 0.100. The average Bonchev–Trinajstić information content (AvgIpc) is 2.64. The van der Waals surface area contributed by atoms with E-state index < -0.39 is 5.69 Å². The Bertz CT molecular complexity index is 923. The van der Waals surface area contributed by atoms with Crippen LogP contribution in [0.15, 0.2) is 21.9 Å². The van der Waals surface area contributed by atoms with Crippen LogP contribution >= 0.6 is 0 Å². The molecule has 3 heterocycles. The Morgan fingerprint density at radius 3 is 2.56 bits per heavy atom. The molecule has 0 spiro atoms. The van der Waals surface area contributed by atoms with E-state index >= 15 is 0 Å². The van der Waals surface area contributed by atoms with Gasteiger partial charge < -0.3 is 9.64 Å². The molecule has 1 saturated heterocycles. The van der Waals surface area contributed by atoms with Gasteiger partial charge in [-0.05, 0) is 25.8 Å². The number of carbonyl (C=O) groups is 1. The molecule has 0 saturated carbocycles. The molecule has 8 nitrogen and oxygen atoms in total. The van der Waals surface area contributed by atoms with Gasteiger partial charge in [-0.2, -0.15) is 0 Å². The molecule has 1 aliphatic rings. The lowest BCUT2D eigenvalue weighted by molar-refractivity contribution is -0.148. The van der Waals surface area contributed by atoms with Crippen LogP contribution in [0.4, 0.5) is 5.69 Å². The Morgan fingerprint density at radius 2 is 1.92 bits per heavy atom. The highest BCUT2D eigenvalue weighted by molar-refractivity contribution is 5.88. The third kappa shape index (κ3) is 2.92. The quantitative estimate of drug-likeness (QED) is 0.749. The lowest BCUT2D eigenvalue weighted by Gasteiger charge is -2.33. The number of rotatable bonds is 3. The second kappa shape index (κ2) is 6.70. The van der Waals surface area contributed by atoms with Gasteiger partial charge in [0.15, 0.2) is 5.65 Å². The molecule has 0 aromatic carbocycles. The van der Waals surface area contributed by atoms with Crippen LogP contribution in [0.2, 0.25) is 0 Å². The van der Waals surface area contributed by atoms with E-state index in [2.05, 4.69) is 9.88 Å². The van der Waals surface area contributed by atoms with E-state index in [9.17, 15) is 14.4 Å². The van der Waals surface area contributed by atoms with Crippen molar-refractivity contribution in [3.63, 3.8) is 0 Å². The maximum Gasteiger partial charge on any atom is 0.332 e. The largest absolute Gasteiger partial charge is 0.466 e. The topological polar surface area (TPSA) is 86.4 Å². The number of hydrogen-bond acceptors (Lipinski definition) is 6. The minimum atomic E-state index is -0.400. The van der Waals surface area contributed by atoms with E-state index in [0.29, 0.717) is 43.6 Å². The van der Waals surface area contributed by atoms with Crippen LogP contribution in [0.3, 0.4) is 0 Å². The van der Waals surface area contributed by atoms with Crippen molar-refractivity contribution >= 4 is 22.7 Å². The first kappa shape index (κ1) is 17.2. The lowest BCUT2D eigenvalue weighted by Crippen LogP contribution is -2.40. The summed E-state index contributed by atoms with van der Waals surface area (Å²) in [4.78, 5) is 42.9. The Morgan fingerprint density at radius 1 is 1.24 bits per heavy atom. The summed E-state index contributed by atoms with van der Waals surface area (Å²) < 4.78 is 7.57. The third-order valence-electron chi connectivity index (χ3n) is 4.77. The normalized spacial score (nSPS) is 15.6. The van der Waals surface area contributed by atoms with Crippen molar-refractivity contribution in [2.75, 3.05) is 24.6 Å². The van der Waals surface area contributed by atoms with Crippen LogP contribution in [0, 0.1) is 5.92 Å². The number of nitrogens with zero attached hydrogens (tertiary/aromatic N) is 4. The number of hydrogen-bond donors (Lipinski definition) is 0. The van der Waals surface area contributed by atoms with Crippen molar-refractivity contribution in [3.8, 4) is 0 Å². The maximum atomic E-state index is 12.6. The molecule has 3 rings (SSSR count). The van der Waals surface area contributed by atoms with Gasteiger partial charge in [0.05, 0.1) is 18.2 Å². The number of pyridine rings is 1. The highest BCUT2D eigenvalue weighted by atomic mass is 16.5. The summed E-state index contributed by atoms with van der Waals surface area (Å²) in [6.07, 6.45) is 2.96. The van der Waals surface area contributed by atoms with E-state index in [0.717, 1.165) is 10.3 Å². The van der Waals surface area contributed by atoms with E-state index in [1.54, 1.807) is 26.2 Å². The Kier molecular flexibility index (Phi) is 4.61. The van der Waals surface area contributed by atoms with Gasteiger partial charge in [0, 0.05) is 33.4 Å². The van der Waals surface area contributed by atoms with Gasteiger partial charge in [-0.3, -0.25) is 18.7 Å². The van der Waals surface area contributed by atoms with Gasteiger partial charge in [0.2, 0.25) is 0 Å². The van der Waals surface area contributed by atoms with Crippen molar-refractivity contribution in [1.82, 2.24) is 14.1 Å². The highest BCUT2D eigenvalue weighted by Gasteiger charge is 2.27. The summed E-state index contributed by atoms with van der Waals surface area (Å²) in [5, 5.41) is 0.432. The van der Waals surface area contributed by atoms with Crippen LogP contribution < -0.4 is 16.1 Å². The number of carbonyl (C=O) groups excluding carboxylic acids is 1. The fourth-order valence-corrected chi connectivity index (χ4v) is 3.35. The van der Waals surface area contributed by atoms with Crippen LogP contribution in [0.25, 0.3) is 11.0 Å². The standard InChI is InChI=1S/C17H22N4O4/c1-4-25-16(23)11-6-9-21(10-7-11)12-5-8-18-14-13(12)15(22)20(3)17(24)19(14)2/h5,8,11H,4,6-7,9-10H2,1-3H3. The molecule has 0 aliphatic carbocycles. The Labute approximate surface area is 144 Å². The molecular weight excluding hydrogens is 324 g/mol. The molecule has 1 aliphatic heterocycles. The molecule has 134 valence electrons. The number of fused-ring (bicyclic) bond motifs is 1. The minimum Gasteiger partial charge on any atom is -0.466 e. The second-order valence-electron chi connectivity index (χ2n) is 6.25. The highest BCUT2D eigenvalue weighted by Crippen LogP contribution is 2.27. The van der Waals surface area contributed by atoms with Crippen molar-refractivity contribution in [2.24, 2.45) is 20.0 Å². The first-order chi connectivity index (χ1) is 12.0. The number of anilines is 1. The van der Waals surface area contributed by atoms with E-state index in [4.69, 9.17) is 4.74 Å². The van der Waals surface area contributed by atoms with Gasteiger partial charge in [-0.15, -0.1) is 0 Å². The molecule has 25 heavy (non-hydrogen) atoms. The third-order valence-corrected chi connectivity index (χ3v) is 4.77. The smallest absolute Gasteiger partial charge is 0.332 e. The van der Waals surface area contributed by atoms with E-state index in [1.165, 1.54) is 11.6 Å². The first-order valence-electron chi connectivity index (χ1n) is 8.42. The lowest BCUT2D eigenvalue weighted by atomic mass is 9.96. The van der Waals surface area contributed by atoms with Gasteiger partial charge in [0.1, 0.15) is 5.39 Å². The molecular formula is C17H22N4O4. The molecule has 0 N–H and O–H groups in total. The predicted octanol–water partition coefficient (Wildman–Crippen LogP) is 0.412. The van der Waals surface area contributed by atoms with Gasteiger partial charge >= 0.3 is 11.7 Å². The molecule has 0 unspecified atom stereocenters. The van der Waals surface area contributed by atoms with Crippen LogP contribution in [0.1, 0.15) is 19.8 Å². The monoisotopic (exact) mass is 346 g/mol. The average molecular weight is 346 g/mol. The maximum absolute atomic E-state index is 12.6. The molecule has 8 heteroatoms. The Hall–Kier alpha value is -2.64. The zero-order valence-electron chi connectivity index (χ0n) is 14.7. The summed E-state index contributed by atoms with van der Waals surface area (Å²) >= 11 is 0. The molecule has 0 atom stereocenters. The van der Waals surface area contributed by atoms with E-state index in [1.807, 2.05) is 0 Å². The molecule has 1 fully saturated rings. The molecule has 0 radical (unpaired) electrons. The number of aryl methyl sites for hydroxylation is 1. The Balaban J connectivity index is 1.97. The van der Waals surface area contributed by atoms with Crippen molar-refractivity contribution in [3.05, 3.63) is 33.1 Å². The molecule has 0 bridgehead atoms. The summed E-state index contributed by atoms with van der Waals surface area (Å²) in [6, 6.07) is 1.79. The van der Waals surface area contributed by atoms with Gasteiger partial charge in [0.25, 0.3) is 5.56 Å². The van der Waals surface area contributed by atoms with E-state index in [-0.39, 0.29) is 17.4 Å². The fourth-order valence-electron chi connectivity index (χ4n) is 3.35. The SMILES string of the molecule is CCOC(=O)C1CCN(c2ccnc3c2c(=O)n(C)c(=O)n3C)CC1. The van der Waals surface area contributed by atoms with Crippen LogP contribution in [0.5, 0.6) is 0 Å². The summed E-state index contributed by atoms with van der Waals surface area (Å²) in [7, 11) is 3.07. The molecule has 0 amide bonds.